The van der Waals surface area contributed by atoms with E-state index in [0.717, 1.165) is 25.5 Å². The molecule has 0 aliphatic rings. The van der Waals surface area contributed by atoms with Crippen molar-refractivity contribution < 1.29 is 30.3 Å². The van der Waals surface area contributed by atoms with Crippen LogP contribution in [-0.2, 0) is 20.1 Å². The summed E-state index contributed by atoms with van der Waals surface area (Å²) in [6.07, 6.45) is 1.83. The van der Waals surface area contributed by atoms with Crippen molar-refractivity contribution in [2.45, 2.75) is 0 Å². The van der Waals surface area contributed by atoms with E-state index in [-0.39, 0.29) is 20.1 Å². The Kier molecular flexibility index (Phi) is 6.80. The van der Waals surface area contributed by atoms with Crippen molar-refractivity contribution in [2.24, 2.45) is 0 Å². The third kappa shape index (κ3) is 3.26. The SMILES string of the molecule is CO.CO.[Ir].[c-]1cc2c(cc1-c1ccccn1)c1cccc3c4ccccc4n2c13. The minimum atomic E-state index is 0. The number of pyridine rings is 1. The average molecular weight is 574 g/mol. The van der Waals surface area contributed by atoms with Crippen molar-refractivity contribution in [3.63, 3.8) is 0 Å². The molecule has 0 bridgehead atoms. The van der Waals surface area contributed by atoms with E-state index in [2.05, 4.69) is 70.0 Å². The van der Waals surface area contributed by atoms with Crippen LogP contribution in [0.4, 0.5) is 0 Å². The van der Waals surface area contributed by atoms with E-state index >= 15 is 0 Å². The fraction of sp³-hybridized carbons (Fsp3) is 0.0800. The first kappa shape index (κ1) is 21.9. The molecule has 3 aromatic carbocycles. The molecule has 2 N–H and O–H groups in total. The predicted octanol–water partition coefficient (Wildman–Crippen LogP) is 4.91. The van der Waals surface area contributed by atoms with Crippen LogP contribution in [0.5, 0.6) is 0 Å². The van der Waals surface area contributed by atoms with Gasteiger partial charge in [0.25, 0.3) is 0 Å². The molecule has 0 aliphatic carbocycles. The van der Waals surface area contributed by atoms with Crippen molar-refractivity contribution in [2.75, 3.05) is 14.2 Å². The van der Waals surface area contributed by atoms with Crippen LogP contribution in [0.1, 0.15) is 0 Å². The Labute approximate surface area is 188 Å². The molecule has 4 nitrogen and oxygen atoms in total. The molecule has 1 radical (unpaired) electrons. The predicted molar refractivity (Wildman–Crippen MR) is 119 cm³/mol. The third-order valence-electron chi connectivity index (χ3n) is 5.10. The summed E-state index contributed by atoms with van der Waals surface area (Å²) in [6, 6.07) is 28.9. The number of fused-ring (bicyclic) bond motifs is 6. The van der Waals surface area contributed by atoms with Crippen LogP contribution in [0, 0.1) is 6.07 Å². The molecule has 0 unspecified atom stereocenters. The summed E-state index contributed by atoms with van der Waals surface area (Å²) in [5.41, 5.74) is 5.74. The second-order valence-corrected chi connectivity index (χ2v) is 6.41. The van der Waals surface area contributed by atoms with E-state index in [1.54, 1.807) is 0 Å². The Morgan fingerprint density at radius 3 is 2.13 bits per heavy atom. The molecule has 30 heavy (non-hydrogen) atoms. The summed E-state index contributed by atoms with van der Waals surface area (Å²) in [6.45, 7) is 0. The van der Waals surface area contributed by atoms with E-state index < -0.39 is 0 Å². The zero-order chi connectivity index (χ0) is 20.4. The van der Waals surface area contributed by atoms with Crippen LogP contribution in [0.25, 0.3) is 49.4 Å². The van der Waals surface area contributed by atoms with Crippen molar-refractivity contribution in [3.05, 3.63) is 85.1 Å². The molecule has 5 heteroatoms. The Hall–Kier alpha value is -2.82. The molecule has 0 fully saturated rings. The van der Waals surface area contributed by atoms with Crippen molar-refractivity contribution >= 4 is 38.1 Å². The number of aromatic nitrogens is 2. The molecule has 0 saturated carbocycles. The summed E-state index contributed by atoms with van der Waals surface area (Å²) in [4.78, 5) is 4.47. The first-order chi connectivity index (χ1) is 14.4. The van der Waals surface area contributed by atoms with Gasteiger partial charge >= 0.3 is 0 Å². The van der Waals surface area contributed by atoms with Crippen LogP contribution in [0.15, 0.2) is 79.0 Å². The zero-order valence-electron chi connectivity index (χ0n) is 16.6. The second-order valence-electron chi connectivity index (χ2n) is 6.41. The van der Waals surface area contributed by atoms with Crippen molar-refractivity contribution in [1.29, 1.82) is 0 Å². The van der Waals surface area contributed by atoms with Gasteiger partial charge in [-0.2, -0.15) is 0 Å². The van der Waals surface area contributed by atoms with Crippen LogP contribution in [0.2, 0.25) is 0 Å². The maximum absolute atomic E-state index is 7.00. The fourth-order valence-electron chi connectivity index (χ4n) is 4.04. The van der Waals surface area contributed by atoms with E-state index in [9.17, 15) is 0 Å². The Morgan fingerprint density at radius 2 is 1.40 bits per heavy atom. The smallest absolute Gasteiger partial charge is 0.0516 e. The number of aliphatic hydroxyl groups excluding tert-OH is 2. The molecular formula is C25H21IrN2O2-. The van der Waals surface area contributed by atoms with Gasteiger partial charge in [0, 0.05) is 56.8 Å². The summed E-state index contributed by atoms with van der Waals surface area (Å²) < 4.78 is 2.37. The van der Waals surface area contributed by atoms with E-state index in [1.807, 2.05) is 24.4 Å². The van der Waals surface area contributed by atoms with Gasteiger partial charge in [-0.3, -0.25) is 0 Å². The van der Waals surface area contributed by atoms with Gasteiger partial charge in [0.05, 0.1) is 5.52 Å². The number of nitrogens with zero attached hydrogens (tertiary/aromatic N) is 2. The molecule has 3 heterocycles. The van der Waals surface area contributed by atoms with E-state index in [4.69, 9.17) is 10.2 Å². The minimum absolute atomic E-state index is 0. The number of rotatable bonds is 1. The summed E-state index contributed by atoms with van der Waals surface area (Å²) in [5.74, 6) is 0. The Balaban J connectivity index is 0.000000486. The number of benzene rings is 3. The first-order valence-electron chi connectivity index (χ1n) is 9.31. The monoisotopic (exact) mass is 574 g/mol. The van der Waals surface area contributed by atoms with Gasteiger partial charge in [0.2, 0.25) is 0 Å². The molecule has 0 saturated heterocycles. The number of para-hydroxylation sites is 2. The topological polar surface area (TPSA) is 57.8 Å². The molecule has 153 valence electrons. The summed E-state index contributed by atoms with van der Waals surface area (Å²) in [7, 11) is 2.00. The number of aliphatic hydroxyl groups is 2. The molecule has 0 spiro atoms. The van der Waals surface area contributed by atoms with Gasteiger partial charge < -0.3 is 19.6 Å². The maximum Gasteiger partial charge on any atom is 0.0516 e. The van der Waals surface area contributed by atoms with E-state index in [0.29, 0.717) is 0 Å². The molecule has 0 atom stereocenters. The van der Waals surface area contributed by atoms with Crippen LogP contribution in [-0.4, -0.2) is 33.8 Å². The third-order valence-corrected chi connectivity index (χ3v) is 5.10. The molecule has 6 rings (SSSR count). The van der Waals surface area contributed by atoms with Gasteiger partial charge in [-0.1, -0.05) is 53.9 Å². The van der Waals surface area contributed by atoms with Gasteiger partial charge in [0.15, 0.2) is 0 Å². The minimum Gasteiger partial charge on any atom is -0.400 e. The summed E-state index contributed by atoms with van der Waals surface area (Å²) in [5, 5.41) is 19.2. The van der Waals surface area contributed by atoms with Gasteiger partial charge in [0.1, 0.15) is 0 Å². The summed E-state index contributed by atoms with van der Waals surface area (Å²) >= 11 is 0. The molecule has 3 aromatic heterocycles. The standard InChI is InChI=1S/C23H13N2.2CH4O.Ir/c1-2-10-21-16(6-1)17-7-5-8-18-19-14-15(20-9-3-4-13-24-20)11-12-22(19)25(21)23(17)18;2*1-2;/h1-10,12-14H;2*2H,1H3;/q-1;;;. The first-order valence-corrected chi connectivity index (χ1v) is 9.31. The normalized spacial score (nSPS) is 10.4. The van der Waals surface area contributed by atoms with Gasteiger partial charge in [-0.05, 0) is 28.7 Å². The van der Waals surface area contributed by atoms with Crippen LogP contribution in [0.3, 0.4) is 0 Å². The van der Waals surface area contributed by atoms with Crippen molar-refractivity contribution in [1.82, 2.24) is 9.38 Å². The Bertz CT molecular complexity index is 1390. The molecule has 0 aliphatic heterocycles. The number of hydrogen-bond acceptors (Lipinski definition) is 3. The zero-order valence-corrected chi connectivity index (χ0v) is 19.0. The Morgan fingerprint density at radius 1 is 0.733 bits per heavy atom. The quantitative estimate of drug-likeness (QED) is 0.275. The fourth-order valence-corrected chi connectivity index (χ4v) is 4.04. The molecule has 0 amide bonds. The number of hydrogen-bond donors (Lipinski definition) is 2. The second kappa shape index (κ2) is 9.33. The van der Waals surface area contributed by atoms with E-state index in [1.165, 1.54) is 38.1 Å². The molecular weight excluding hydrogens is 553 g/mol. The van der Waals surface area contributed by atoms with Gasteiger partial charge in [-0.15, -0.1) is 23.8 Å². The van der Waals surface area contributed by atoms with Gasteiger partial charge in [-0.25, -0.2) is 0 Å². The molecule has 6 aromatic rings. The van der Waals surface area contributed by atoms with Crippen LogP contribution < -0.4 is 0 Å². The van der Waals surface area contributed by atoms with Crippen molar-refractivity contribution in [3.8, 4) is 11.3 Å². The largest absolute Gasteiger partial charge is 0.400 e. The van der Waals surface area contributed by atoms with Crippen LogP contribution >= 0.6 is 0 Å². The average Bonchev–Trinajstić information content (AvgIpc) is 3.34. The maximum atomic E-state index is 7.00.